The van der Waals surface area contributed by atoms with E-state index in [4.69, 9.17) is 10.5 Å². The zero-order chi connectivity index (χ0) is 14.6. The van der Waals surface area contributed by atoms with E-state index in [1.807, 2.05) is 13.8 Å². The van der Waals surface area contributed by atoms with Gasteiger partial charge in [0.05, 0.1) is 23.4 Å². The number of nitrogens with two attached hydrogens (primary N) is 1. The van der Waals surface area contributed by atoms with Crippen LogP contribution in [-0.4, -0.2) is 24.0 Å². The first kappa shape index (κ1) is 14.7. The van der Waals surface area contributed by atoms with Crippen LogP contribution >= 0.6 is 0 Å². The average molecular weight is 267 g/mol. The van der Waals surface area contributed by atoms with Crippen LogP contribution in [-0.2, 0) is 9.53 Å². The van der Waals surface area contributed by atoms with Crippen LogP contribution in [0.4, 0.5) is 17.1 Å². The van der Waals surface area contributed by atoms with Crippen LogP contribution in [0.2, 0.25) is 0 Å². The van der Waals surface area contributed by atoms with Crippen molar-refractivity contribution >= 4 is 23.0 Å². The largest absolute Gasteiger partial charge is 0.467 e. The average Bonchev–Trinajstić information content (AvgIpc) is 2.35. The molecule has 1 unspecified atom stereocenters. The number of carbonyl (C=O) groups is 1. The fraction of sp³-hybridized carbons (Fsp3) is 0.417. The Labute approximate surface area is 110 Å². The summed E-state index contributed by atoms with van der Waals surface area (Å²) in [5.41, 5.74) is 6.31. The maximum atomic E-state index is 11.6. The molecule has 19 heavy (non-hydrogen) atoms. The van der Waals surface area contributed by atoms with Gasteiger partial charge in [-0.15, -0.1) is 0 Å². The minimum atomic E-state index is -0.561. The van der Waals surface area contributed by atoms with Gasteiger partial charge in [-0.05, 0) is 12.0 Å². The van der Waals surface area contributed by atoms with Crippen molar-refractivity contribution in [1.82, 2.24) is 0 Å². The molecule has 1 aromatic rings. The predicted molar refractivity (Wildman–Crippen MR) is 71.8 cm³/mol. The third-order valence-corrected chi connectivity index (χ3v) is 2.68. The van der Waals surface area contributed by atoms with E-state index in [2.05, 4.69) is 5.32 Å². The van der Waals surface area contributed by atoms with Gasteiger partial charge in [-0.3, -0.25) is 10.1 Å². The third kappa shape index (κ3) is 3.57. The van der Waals surface area contributed by atoms with Gasteiger partial charge in [-0.2, -0.15) is 0 Å². The van der Waals surface area contributed by atoms with Crippen molar-refractivity contribution in [2.45, 2.75) is 19.9 Å². The zero-order valence-electron chi connectivity index (χ0n) is 11.0. The van der Waals surface area contributed by atoms with Crippen LogP contribution in [0.25, 0.3) is 0 Å². The Hall–Kier alpha value is -2.31. The highest BCUT2D eigenvalue weighted by atomic mass is 16.6. The van der Waals surface area contributed by atoms with E-state index < -0.39 is 16.9 Å². The summed E-state index contributed by atoms with van der Waals surface area (Å²) in [6, 6.07) is 3.49. The van der Waals surface area contributed by atoms with Gasteiger partial charge in [0.2, 0.25) is 0 Å². The summed E-state index contributed by atoms with van der Waals surface area (Å²) >= 11 is 0. The topological polar surface area (TPSA) is 107 Å². The first-order chi connectivity index (χ1) is 8.86. The Morgan fingerprint density at radius 1 is 1.47 bits per heavy atom. The Balaban J connectivity index is 2.97. The fourth-order valence-electron chi connectivity index (χ4n) is 1.59. The molecule has 0 aromatic heterocycles. The molecule has 0 saturated carbocycles. The number of nitrogens with zero attached hydrogens (tertiary/aromatic N) is 1. The van der Waals surface area contributed by atoms with E-state index in [1.165, 1.54) is 25.3 Å². The number of anilines is 2. The lowest BCUT2D eigenvalue weighted by molar-refractivity contribution is -0.384. The van der Waals surface area contributed by atoms with E-state index in [-0.39, 0.29) is 17.3 Å². The molecule has 104 valence electrons. The number of methoxy groups -OCH3 is 1. The van der Waals surface area contributed by atoms with E-state index in [1.54, 1.807) is 0 Å². The van der Waals surface area contributed by atoms with Gasteiger partial charge in [0.15, 0.2) is 0 Å². The third-order valence-electron chi connectivity index (χ3n) is 2.68. The fourth-order valence-corrected chi connectivity index (χ4v) is 1.59. The van der Waals surface area contributed by atoms with Crippen LogP contribution < -0.4 is 11.1 Å². The predicted octanol–water partition coefficient (Wildman–Crippen LogP) is 1.79. The molecule has 0 aliphatic heterocycles. The second-order valence-electron chi connectivity index (χ2n) is 4.42. The van der Waals surface area contributed by atoms with Crippen LogP contribution in [0.1, 0.15) is 13.8 Å². The van der Waals surface area contributed by atoms with Crippen molar-refractivity contribution in [1.29, 1.82) is 0 Å². The second-order valence-corrected chi connectivity index (χ2v) is 4.42. The number of hydrogen-bond acceptors (Lipinski definition) is 6. The lowest BCUT2D eigenvalue weighted by Gasteiger charge is -2.21. The van der Waals surface area contributed by atoms with E-state index in [9.17, 15) is 14.9 Å². The summed E-state index contributed by atoms with van der Waals surface area (Å²) < 4.78 is 4.70. The molecular weight excluding hydrogens is 250 g/mol. The molecule has 0 spiro atoms. The number of nitrogen functional groups attached to an aromatic ring is 1. The van der Waals surface area contributed by atoms with Crippen molar-refractivity contribution in [2.24, 2.45) is 5.92 Å². The van der Waals surface area contributed by atoms with Crippen molar-refractivity contribution in [3.8, 4) is 0 Å². The summed E-state index contributed by atoms with van der Waals surface area (Å²) in [4.78, 5) is 21.7. The normalized spacial score (nSPS) is 12.0. The molecule has 0 bridgehead atoms. The summed E-state index contributed by atoms with van der Waals surface area (Å²) in [5, 5.41) is 13.5. The molecular formula is C12H17N3O4. The minimum Gasteiger partial charge on any atom is -0.467 e. The molecule has 0 aliphatic rings. The smallest absolute Gasteiger partial charge is 0.328 e. The zero-order valence-corrected chi connectivity index (χ0v) is 11.0. The first-order valence-corrected chi connectivity index (χ1v) is 5.75. The molecule has 0 radical (unpaired) electrons. The highest BCUT2D eigenvalue weighted by molar-refractivity contribution is 5.82. The summed E-state index contributed by atoms with van der Waals surface area (Å²) in [6.07, 6.45) is 0. The van der Waals surface area contributed by atoms with Crippen molar-refractivity contribution in [3.63, 3.8) is 0 Å². The van der Waals surface area contributed by atoms with Gasteiger partial charge in [-0.1, -0.05) is 13.8 Å². The molecule has 3 N–H and O–H groups in total. The molecule has 1 aromatic carbocycles. The Morgan fingerprint density at radius 2 is 2.11 bits per heavy atom. The lowest BCUT2D eigenvalue weighted by atomic mass is 10.0. The van der Waals surface area contributed by atoms with Gasteiger partial charge in [0.1, 0.15) is 6.04 Å². The van der Waals surface area contributed by atoms with Gasteiger partial charge in [0.25, 0.3) is 5.69 Å². The van der Waals surface area contributed by atoms with E-state index >= 15 is 0 Å². The number of nitrogens with one attached hydrogen (secondary N) is 1. The number of non-ortho nitro benzene ring substituents is 1. The lowest BCUT2D eigenvalue weighted by Crippen LogP contribution is -2.35. The number of rotatable bonds is 5. The van der Waals surface area contributed by atoms with E-state index in [0.29, 0.717) is 5.69 Å². The van der Waals surface area contributed by atoms with Gasteiger partial charge in [-0.25, -0.2) is 4.79 Å². The Bertz CT molecular complexity index is 488. The number of carbonyl (C=O) groups excluding carboxylic acids is 1. The van der Waals surface area contributed by atoms with Crippen molar-refractivity contribution in [2.75, 3.05) is 18.2 Å². The molecule has 1 rings (SSSR count). The number of hydrogen-bond donors (Lipinski definition) is 2. The number of nitro benzene ring substituents is 1. The van der Waals surface area contributed by atoms with Crippen molar-refractivity contribution < 1.29 is 14.5 Å². The molecule has 0 heterocycles. The van der Waals surface area contributed by atoms with Crippen LogP contribution in [0.3, 0.4) is 0 Å². The molecule has 7 nitrogen and oxygen atoms in total. The first-order valence-electron chi connectivity index (χ1n) is 5.75. The van der Waals surface area contributed by atoms with Crippen LogP contribution in [0, 0.1) is 16.0 Å². The highest BCUT2D eigenvalue weighted by Gasteiger charge is 2.23. The van der Waals surface area contributed by atoms with Crippen LogP contribution in [0.5, 0.6) is 0 Å². The second kappa shape index (κ2) is 6.03. The number of benzene rings is 1. The quantitative estimate of drug-likeness (QED) is 0.364. The van der Waals surface area contributed by atoms with Gasteiger partial charge in [0, 0.05) is 12.1 Å². The Kier molecular flexibility index (Phi) is 4.68. The monoisotopic (exact) mass is 267 g/mol. The van der Waals surface area contributed by atoms with Gasteiger partial charge >= 0.3 is 5.97 Å². The van der Waals surface area contributed by atoms with Crippen LogP contribution in [0.15, 0.2) is 18.2 Å². The SMILES string of the molecule is COC(=O)C(Nc1ccc([N+](=O)[O-])cc1N)C(C)C. The maximum Gasteiger partial charge on any atom is 0.328 e. The number of esters is 1. The van der Waals surface area contributed by atoms with E-state index in [0.717, 1.165) is 0 Å². The molecule has 0 fully saturated rings. The molecule has 0 amide bonds. The number of nitro groups is 1. The molecule has 7 heteroatoms. The van der Waals surface area contributed by atoms with Crippen molar-refractivity contribution in [3.05, 3.63) is 28.3 Å². The standard InChI is InChI=1S/C12H17N3O4/c1-7(2)11(12(16)19-3)14-10-5-4-8(15(17)18)6-9(10)13/h4-7,11,14H,13H2,1-3H3. The minimum absolute atomic E-state index is 0.0120. The summed E-state index contributed by atoms with van der Waals surface area (Å²) in [5.74, 6) is -0.421. The highest BCUT2D eigenvalue weighted by Crippen LogP contribution is 2.25. The molecule has 1 atom stereocenters. The van der Waals surface area contributed by atoms with Gasteiger partial charge < -0.3 is 15.8 Å². The molecule has 0 aliphatic carbocycles. The molecule has 0 saturated heterocycles. The maximum absolute atomic E-state index is 11.6. The Morgan fingerprint density at radius 3 is 2.53 bits per heavy atom. The summed E-state index contributed by atoms with van der Waals surface area (Å²) in [7, 11) is 1.30. The summed E-state index contributed by atoms with van der Waals surface area (Å²) in [6.45, 7) is 3.71. The number of ether oxygens (including phenoxy) is 1.